The number of allylic oxidation sites excluding steroid dienone is 1. The largest absolute Gasteiger partial charge is 0.356 e. The lowest BCUT2D eigenvalue weighted by Crippen LogP contribution is -2.26. The average molecular weight is 280 g/mol. The third-order valence-corrected chi connectivity index (χ3v) is 4.38. The molecule has 1 rings (SSSR count). The fourth-order valence-electron chi connectivity index (χ4n) is 2.92. The molecule has 116 valence electrons. The third-order valence-electron chi connectivity index (χ3n) is 4.38. The smallest absolute Gasteiger partial charge is 0.220 e. The molecular weight excluding hydrogens is 248 g/mol. The Balaban J connectivity index is 2.14. The summed E-state index contributed by atoms with van der Waals surface area (Å²) in [6.45, 7) is 5.95. The lowest BCUT2D eigenvalue weighted by atomic mass is 9.88. The van der Waals surface area contributed by atoms with Gasteiger partial charge in [-0.2, -0.15) is 0 Å². The number of hydrogen-bond acceptors (Lipinski definition) is 2. The zero-order chi connectivity index (χ0) is 14.8. The van der Waals surface area contributed by atoms with Gasteiger partial charge in [-0.25, -0.2) is 0 Å². The molecule has 0 fully saturated rings. The van der Waals surface area contributed by atoms with E-state index in [2.05, 4.69) is 25.2 Å². The van der Waals surface area contributed by atoms with Gasteiger partial charge in [-0.15, -0.1) is 0 Å². The summed E-state index contributed by atoms with van der Waals surface area (Å²) in [5.41, 5.74) is 7.16. The molecule has 1 unspecified atom stereocenters. The molecule has 20 heavy (non-hydrogen) atoms. The van der Waals surface area contributed by atoms with Crippen molar-refractivity contribution < 1.29 is 4.79 Å². The van der Waals surface area contributed by atoms with Gasteiger partial charge in [0.2, 0.25) is 5.91 Å². The van der Waals surface area contributed by atoms with Gasteiger partial charge in [-0.3, -0.25) is 4.79 Å². The van der Waals surface area contributed by atoms with E-state index in [1.54, 1.807) is 0 Å². The maximum absolute atomic E-state index is 11.9. The van der Waals surface area contributed by atoms with E-state index in [-0.39, 0.29) is 5.91 Å². The Morgan fingerprint density at radius 1 is 1.35 bits per heavy atom. The van der Waals surface area contributed by atoms with Crippen LogP contribution in [0.3, 0.4) is 0 Å². The topological polar surface area (TPSA) is 55.1 Å². The highest BCUT2D eigenvalue weighted by atomic mass is 16.1. The van der Waals surface area contributed by atoms with Crippen molar-refractivity contribution in [3.05, 3.63) is 11.6 Å². The van der Waals surface area contributed by atoms with E-state index >= 15 is 0 Å². The molecule has 0 spiro atoms. The number of nitrogens with one attached hydrogen (secondary N) is 1. The first-order valence-electron chi connectivity index (χ1n) is 8.28. The predicted octanol–water partition coefficient (Wildman–Crippen LogP) is 3.39. The van der Waals surface area contributed by atoms with Crippen LogP contribution in [-0.4, -0.2) is 19.0 Å². The van der Waals surface area contributed by atoms with Crippen LogP contribution in [0.2, 0.25) is 0 Å². The minimum absolute atomic E-state index is 0.198. The number of rotatable bonds is 9. The first kappa shape index (κ1) is 17.2. The van der Waals surface area contributed by atoms with E-state index in [1.807, 2.05) is 0 Å². The van der Waals surface area contributed by atoms with Crippen molar-refractivity contribution in [3.8, 4) is 0 Å². The highest BCUT2D eigenvalue weighted by molar-refractivity contribution is 5.75. The molecule has 0 saturated carbocycles. The highest BCUT2D eigenvalue weighted by Crippen LogP contribution is 2.21. The van der Waals surface area contributed by atoms with Gasteiger partial charge in [0, 0.05) is 13.0 Å². The number of hydrogen-bond donors (Lipinski definition) is 2. The summed E-state index contributed by atoms with van der Waals surface area (Å²) in [7, 11) is 0. The van der Waals surface area contributed by atoms with Crippen molar-refractivity contribution in [2.24, 2.45) is 17.6 Å². The molecule has 0 saturated heterocycles. The van der Waals surface area contributed by atoms with Crippen molar-refractivity contribution in [3.63, 3.8) is 0 Å². The van der Waals surface area contributed by atoms with E-state index < -0.39 is 0 Å². The quantitative estimate of drug-likeness (QED) is 0.636. The Morgan fingerprint density at radius 3 is 2.75 bits per heavy atom. The summed E-state index contributed by atoms with van der Waals surface area (Å²) >= 11 is 0. The molecule has 0 radical (unpaired) electrons. The molecule has 1 amide bonds. The van der Waals surface area contributed by atoms with Crippen LogP contribution in [-0.2, 0) is 4.79 Å². The standard InChI is InChI=1S/C17H32N2O/c1-14(2)16(10-12-18)8-9-17(20)19-13-11-15-6-4-3-5-7-15/h6,14,16H,3-5,7-13,18H2,1-2H3,(H,19,20). The lowest BCUT2D eigenvalue weighted by molar-refractivity contribution is -0.121. The Morgan fingerprint density at radius 2 is 2.15 bits per heavy atom. The number of nitrogens with two attached hydrogens (primary N) is 1. The summed E-state index contributed by atoms with van der Waals surface area (Å²) in [6, 6.07) is 0. The monoisotopic (exact) mass is 280 g/mol. The molecule has 3 heteroatoms. The maximum atomic E-state index is 11.9. The van der Waals surface area contributed by atoms with Crippen LogP contribution < -0.4 is 11.1 Å². The maximum Gasteiger partial charge on any atom is 0.220 e. The van der Waals surface area contributed by atoms with Crippen LogP contribution in [0.15, 0.2) is 11.6 Å². The van der Waals surface area contributed by atoms with Gasteiger partial charge in [-0.1, -0.05) is 25.5 Å². The average Bonchev–Trinajstić information content (AvgIpc) is 2.44. The van der Waals surface area contributed by atoms with Gasteiger partial charge in [0.05, 0.1) is 0 Å². The number of carbonyl (C=O) groups is 1. The normalized spacial score (nSPS) is 16.9. The van der Waals surface area contributed by atoms with E-state index in [4.69, 9.17) is 5.73 Å². The van der Waals surface area contributed by atoms with E-state index in [0.717, 1.165) is 32.4 Å². The van der Waals surface area contributed by atoms with Crippen molar-refractivity contribution in [1.82, 2.24) is 5.32 Å². The molecule has 3 nitrogen and oxygen atoms in total. The van der Waals surface area contributed by atoms with Crippen molar-refractivity contribution >= 4 is 5.91 Å². The van der Waals surface area contributed by atoms with Gasteiger partial charge >= 0.3 is 0 Å². The highest BCUT2D eigenvalue weighted by Gasteiger charge is 2.14. The van der Waals surface area contributed by atoms with Gasteiger partial charge in [-0.05, 0) is 63.3 Å². The molecule has 0 aromatic carbocycles. The van der Waals surface area contributed by atoms with Crippen LogP contribution in [0.25, 0.3) is 0 Å². The molecular formula is C17H32N2O. The summed E-state index contributed by atoms with van der Waals surface area (Å²) in [4.78, 5) is 11.9. The van der Waals surface area contributed by atoms with Crippen LogP contribution in [0.4, 0.5) is 0 Å². The molecule has 1 aliphatic carbocycles. The molecule has 1 aliphatic rings. The summed E-state index contributed by atoms with van der Waals surface area (Å²) < 4.78 is 0. The number of amides is 1. The van der Waals surface area contributed by atoms with Crippen molar-refractivity contribution in [1.29, 1.82) is 0 Å². The minimum atomic E-state index is 0.198. The van der Waals surface area contributed by atoms with Crippen molar-refractivity contribution in [2.45, 2.75) is 65.2 Å². The molecule has 3 N–H and O–H groups in total. The van der Waals surface area contributed by atoms with E-state index in [9.17, 15) is 4.79 Å². The molecule has 0 bridgehead atoms. The van der Waals surface area contributed by atoms with Gasteiger partial charge in [0.1, 0.15) is 0 Å². The predicted molar refractivity (Wildman–Crippen MR) is 85.4 cm³/mol. The van der Waals surface area contributed by atoms with Crippen molar-refractivity contribution in [2.75, 3.05) is 13.1 Å². The van der Waals surface area contributed by atoms with Gasteiger partial charge in [0.25, 0.3) is 0 Å². The first-order valence-corrected chi connectivity index (χ1v) is 8.28. The molecule has 0 aromatic rings. The van der Waals surface area contributed by atoms with E-state index in [0.29, 0.717) is 18.3 Å². The zero-order valence-electron chi connectivity index (χ0n) is 13.3. The van der Waals surface area contributed by atoms with Crippen LogP contribution in [0.1, 0.15) is 65.2 Å². The second kappa shape index (κ2) is 9.98. The Bertz CT molecular complexity index is 310. The Kier molecular flexibility index (Phi) is 8.59. The lowest BCUT2D eigenvalue weighted by Gasteiger charge is -2.19. The first-order chi connectivity index (χ1) is 9.63. The molecule has 1 atom stereocenters. The summed E-state index contributed by atoms with van der Waals surface area (Å²) in [6.07, 6.45) is 11.1. The van der Waals surface area contributed by atoms with Crippen LogP contribution >= 0.6 is 0 Å². The van der Waals surface area contributed by atoms with Gasteiger partial charge < -0.3 is 11.1 Å². The molecule has 0 aromatic heterocycles. The second-order valence-electron chi connectivity index (χ2n) is 6.33. The third kappa shape index (κ3) is 7.09. The van der Waals surface area contributed by atoms with Crippen LogP contribution in [0.5, 0.6) is 0 Å². The fourth-order valence-corrected chi connectivity index (χ4v) is 2.92. The number of carbonyl (C=O) groups excluding carboxylic acids is 1. The van der Waals surface area contributed by atoms with Crippen LogP contribution in [0, 0.1) is 11.8 Å². The van der Waals surface area contributed by atoms with Gasteiger partial charge in [0.15, 0.2) is 0 Å². The summed E-state index contributed by atoms with van der Waals surface area (Å²) in [5.74, 6) is 1.38. The zero-order valence-corrected chi connectivity index (χ0v) is 13.3. The second-order valence-corrected chi connectivity index (χ2v) is 6.33. The Hall–Kier alpha value is -0.830. The molecule has 0 aliphatic heterocycles. The SMILES string of the molecule is CC(C)C(CCN)CCC(=O)NCCC1=CCCCC1. The van der Waals surface area contributed by atoms with E-state index in [1.165, 1.54) is 31.3 Å². The molecule has 0 heterocycles. The Labute approximate surface area is 124 Å². The summed E-state index contributed by atoms with van der Waals surface area (Å²) in [5, 5.41) is 3.06. The fraction of sp³-hybridized carbons (Fsp3) is 0.824. The minimum Gasteiger partial charge on any atom is -0.356 e.